The van der Waals surface area contributed by atoms with E-state index in [2.05, 4.69) is 29.5 Å². The van der Waals surface area contributed by atoms with Crippen molar-refractivity contribution in [1.82, 2.24) is 43.4 Å². The molecular weight excluding hydrogens is 1260 g/mol. The Labute approximate surface area is 576 Å². The molecule has 3 aliphatic rings. The Balaban J connectivity index is 0.000000160. The number of piperidine rings is 3. The molecule has 0 unspecified atom stereocenters. The number of halogens is 1. The Bertz CT molecular complexity index is 4400. The largest absolute Gasteiger partial charge is 0.489 e. The highest BCUT2D eigenvalue weighted by Gasteiger charge is 2.32. The van der Waals surface area contributed by atoms with Crippen LogP contribution in [0.1, 0.15) is 124 Å². The van der Waals surface area contributed by atoms with E-state index in [-0.39, 0.29) is 55.4 Å². The highest BCUT2D eigenvalue weighted by atomic mass is 35.5. The molecule has 12 rings (SSSR count). The van der Waals surface area contributed by atoms with Gasteiger partial charge in [-0.1, -0.05) is 49.2 Å². The molecule has 0 aliphatic carbocycles. The van der Waals surface area contributed by atoms with Crippen LogP contribution in [0.2, 0.25) is 5.02 Å². The van der Waals surface area contributed by atoms with E-state index in [9.17, 15) is 34.5 Å². The number of Topliss-reactive ketones (excluding diaryl/α,β-unsaturated/α-hetero) is 3. The quantitative estimate of drug-likeness (QED) is 0.0263. The molecule has 3 saturated heterocycles. The number of aliphatic hydroxyl groups excluding tert-OH is 3. The van der Waals surface area contributed by atoms with E-state index < -0.39 is 12.2 Å². The van der Waals surface area contributed by atoms with Crippen LogP contribution in [0.4, 0.5) is 11.4 Å². The lowest BCUT2D eigenvalue weighted by molar-refractivity contribution is -0.143. The topological polar surface area (TPSA) is 229 Å². The monoisotopic (exact) mass is 1350 g/mol. The number of carbonyl (C=O) groups excluding carboxylic acids is 4. The third-order valence-corrected chi connectivity index (χ3v) is 19.0. The summed E-state index contributed by atoms with van der Waals surface area (Å²) in [5.41, 5.74) is 14.4. The minimum absolute atomic E-state index is 0.0493. The predicted octanol–water partition coefficient (Wildman–Crippen LogP) is 12.3. The summed E-state index contributed by atoms with van der Waals surface area (Å²) in [6.45, 7) is 32.7. The molecule has 0 spiro atoms. The van der Waals surface area contributed by atoms with Crippen LogP contribution in [0, 0.1) is 46.8 Å². The minimum atomic E-state index is -0.837. The average Bonchev–Trinajstić information content (AvgIpc) is 1.62. The highest BCUT2D eigenvalue weighted by Crippen LogP contribution is 2.36. The normalized spacial score (nSPS) is 16.5. The maximum Gasteiger partial charge on any atom is 0.306 e. The molecule has 512 valence electrons. The Morgan fingerprint density at radius 2 is 1.07 bits per heavy atom. The maximum absolute atomic E-state index is 13.5. The number of aryl methyl sites for hydroxylation is 1. The molecule has 0 saturated carbocycles. The first-order chi connectivity index (χ1) is 47.3. The maximum atomic E-state index is 13.5. The summed E-state index contributed by atoms with van der Waals surface area (Å²) in [7, 11) is 1.63. The second-order valence-electron chi connectivity index (χ2n) is 25.6. The van der Waals surface area contributed by atoms with Crippen molar-refractivity contribution in [2.75, 3.05) is 92.4 Å². The van der Waals surface area contributed by atoms with Gasteiger partial charge < -0.3 is 43.2 Å². The second kappa shape index (κ2) is 33.0. The number of ether oxygens (including phenoxy) is 3. The predicted molar refractivity (Wildman–Crippen MR) is 379 cm³/mol. The van der Waals surface area contributed by atoms with Gasteiger partial charge in [-0.05, 0) is 177 Å². The van der Waals surface area contributed by atoms with E-state index >= 15 is 0 Å². The van der Waals surface area contributed by atoms with E-state index in [1.54, 1.807) is 56.9 Å². The summed E-state index contributed by atoms with van der Waals surface area (Å²) in [6.07, 6.45) is 9.63. The number of hydrogen-bond donors (Lipinski definition) is 3. The van der Waals surface area contributed by atoms with E-state index in [1.807, 2.05) is 120 Å². The van der Waals surface area contributed by atoms with Gasteiger partial charge in [0.15, 0.2) is 28.7 Å². The molecule has 22 heteroatoms. The standard InChI is InChI=1S/C28H32N4O3.C25H30ClN3O4.C23H24N4O3/c1-5-35-26(34)15-19(2)21-16-24-28(30-17-21)27(25(33)18-31-13-7-6-8-14-31)20(3)32(24)23-11-9-22(29-4)10-12-23;1-17-24(23(31)15-28-9-7-18(16-30)8-10-28)25-22(13-21(14-27-25)33-12-11-32-2)29(17)20-5-3-19(26)4-6-20;1-14-10-18-23(25-11-14)22(21(30)13-26-9-8-19(28)20(29)12-26)15(2)27(18)17-6-4-16(24-3)5-7-17/h9-12,16-17,19H,5-8,13-15,18H2,1-3H3;3-6,13-14,18,30H,7-12,15-16H2,1-2H3;4-7,10-11,19-20,28-29H,8-9,12-13H2,1-2H3/t19-;;19-,20+/m0.0/s1. The molecule has 3 fully saturated rings. The van der Waals surface area contributed by atoms with Crippen LogP contribution in [0.25, 0.3) is 59.9 Å². The van der Waals surface area contributed by atoms with Gasteiger partial charge in [-0.3, -0.25) is 43.8 Å². The molecule has 98 heavy (non-hydrogen) atoms. The van der Waals surface area contributed by atoms with Gasteiger partial charge in [0.1, 0.15) is 12.4 Å². The van der Waals surface area contributed by atoms with Crippen molar-refractivity contribution in [2.45, 2.75) is 105 Å². The number of aromatic nitrogens is 6. The Kier molecular flexibility index (Phi) is 24.2. The first kappa shape index (κ1) is 71.8. The van der Waals surface area contributed by atoms with Gasteiger partial charge >= 0.3 is 5.97 Å². The fraction of sp³-hybridized carbons (Fsp3) is 0.408. The van der Waals surface area contributed by atoms with Gasteiger partial charge in [0, 0.05) is 84.4 Å². The summed E-state index contributed by atoms with van der Waals surface area (Å²) < 4.78 is 22.1. The third kappa shape index (κ3) is 16.6. The number of fused-ring (bicyclic) bond motifs is 3. The van der Waals surface area contributed by atoms with Gasteiger partial charge in [0.2, 0.25) is 0 Å². The summed E-state index contributed by atoms with van der Waals surface area (Å²) in [5, 5.41) is 29.7. The molecule has 0 radical (unpaired) electrons. The van der Waals surface area contributed by atoms with Gasteiger partial charge in [-0.15, -0.1) is 0 Å². The lowest BCUT2D eigenvalue weighted by Crippen LogP contribution is -2.48. The van der Waals surface area contributed by atoms with E-state index in [4.69, 9.17) is 43.9 Å². The van der Waals surface area contributed by atoms with Gasteiger partial charge in [0.25, 0.3) is 0 Å². The molecule has 6 aromatic heterocycles. The van der Waals surface area contributed by atoms with E-state index in [1.165, 1.54) is 6.42 Å². The van der Waals surface area contributed by atoms with Crippen molar-refractivity contribution in [3.05, 3.63) is 182 Å². The Hall–Kier alpha value is -9.00. The van der Waals surface area contributed by atoms with Crippen LogP contribution in [-0.4, -0.2) is 187 Å². The van der Waals surface area contributed by atoms with E-state index in [0.717, 1.165) is 114 Å². The fourth-order valence-corrected chi connectivity index (χ4v) is 13.6. The molecule has 3 atom stereocenters. The van der Waals surface area contributed by atoms with Crippen molar-refractivity contribution in [1.29, 1.82) is 0 Å². The number of nitrogens with zero attached hydrogens (tertiary/aromatic N) is 11. The Morgan fingerprint density at radius 1 is 0.602 bits per heavy atom. The number of hydrogen-bond acceptors (Lipinski definition) is 16. The molecule has 3 aromatic carbocycles. The van der Waals surface area contributed by atoms with Crippen LogP contribution in [0.5, 0.6) is 5.75 Å². The molecule has 9 aromatic rings. The zero-order chi connectivity index (χ0) is 69.7. The Morgan fingerprint density at radius 3 is 1.57 bits per heavy atom. The van der Waals surface area contributed by atoms with E-state index in [0.29, 0.717) is 107 Å². The lowest BCUT2D eigenvalue weighted by Gasteiger charge is -2.32. The third-order valence-electron chi connectivity index (χ3n) is 18.7. The van der Waals surface area contributed by atoms with Crippen molar-refractivity contribution >= 4 is 79.4 Å². The van der Waals surface area contributed by atoms with Crippen LogP contribution < -0.4 is 4.74 Å². The summed E-state index contributed by atoms with van der Waals surface area (Å²) >= 11 is 6.11. The van der Waals surface area contributed by atoms with Crippen LogP contribution in [-0.2, 0) is 14.3 Å². The first-order valence-electron chi connectivity index (χ1n) is 33.6. The number of carbonyl (C=O) groups is 4. The van der Waals surface area contributed by atoms with Crippen molar-refractivity contribution < 1.29 is 48.7 Å². The average molecular weight is 1350 g/mol. The number of methoxy groups -OCH3 is 1. The molecule has 0 amide bonds. The zero-order valence-corrected chi connectivity index (χ0v) is 57.6. The van der Waals surface area contributed by atoms with Gasteiger partial charge in [-0.25, -0.2) is 14.7 Å². The minimum Gasteiger partial charge on any atom is -0.489 e. The summed E-state index contributed by atoms with van der Waals surface area (Å²) in [6, 6.07) is 28.1. The number of likely N-dealkylation sites (tertiary alicyclic amines) is 3. The summed E-state index contributed by atoms with van der Waals surface area (Å²) in [5.74, 6) is 0.707. The summed E-state index contributed by atoms with van der Waals surface area (Å²) in [4.78, 5) is 79.5. The van der Waals surface area contributed by atoms with Crippen LogP contribution in [0.3, 0.4) is 0 Å². The SMILES string of the molecule is COCCOc1cnc2c(C(=O)CN3CCC(CO)CC3)c(C)n(-c3ccc(Cl)cc3)c2c1.[C-]#[N+]c1ccc(-n2c(C)c(C(=O)CN3CCCCC3)c3ncc([C@@H](C)CC(=O)OCC)cc32)cc1.[C-]#[N+]c1ccc(-n2c(C)c(C(=O)CN3CC[C@H](O)[C@H](O)C3)c3ncc(C)cc32)cc1. The molecule has 0 bridgehead atoms. The molecule has 3 aliphatic heterocycles. The van der Waals surface area contributed by atoms with Crippen LogP contribution in [0.15, 0.2) is 110 Å². The number of benzene rings is 3. The van der Waals surface area contributed by atoms with Crippen molar-refractivity contribution in [3.63, 3.8) is 0 Å². The van der Waals surface area contributed by atoms with Gasteiger partial charge in [-0.2, -0.15) is 0 Å². The number of esters is 1. The smallest absolute Gasteiger partial charge is 0.306 e. The first-order valence-corrected chi connectivity index (χ1v) is 33.9. The highest BCUT2D eigenvalue weighted by molar-refractivity contribution is 6.30. The zero-order valence-electron chi connectivity index (χ0n) is 56.8. The number of ketones is 3. The number of β-amino-alcohol motifs (C(OH)–C–C–N with tert-alkyl or cyclic N) is 1. The fourth-order valence-electron chi connectivity index (χ4n) is 13.5. The lowest BCUT2D eigenvalue weighted by atomic mass is 9.97. The number of rotatable bonds is 21. The number of pyridine rings is 3. The molecular formula is C76H86ClN11O10. The van der Waals surface area contributed by atoms with Crippen LogP contribution >= 0.6 is 11.6 Å². The van der Waals surface area contributed by atoms with Crippen molar-refractivity contribution in [3.8, 4) is 22.8 Å². The van der Waals surface area contributed by atoms with Gasteiger partial charge in [0.05, 0.1) is 121 Å². The molecule has 3 N–H and O–H groups in total. The second-order valence-corrected chi connectivity index (χ2v) is 26.0. The molecule has 9 heterocycles. The molecule has 21 nitrogen and oxygen atoms in total. The van der Waals surface area contributed by atoms with Crippen molar-refractivity contribution in [2.24, 2.45) is 5.92 Å². The number of aliphatic hydroxyl groups is 3.